The zero-order chi connectivity index (χ0) is 96.3. The second-order valence-electron chi connectivity index (χ2n) is 41.6. The SMILES string of the molecule is C[Si](C)(C)c1cnc(-c2[c-]cc3c(c2)-c2ccccc2S3(=O)=O)cc1CC1CCCC1.C[Si](C)(C)c1cnc(-c2[c-]cc3c(c2)-c2ccccc2[Si]3(C)C)cc1CC1CCCC1.C[Si](C)(C)c1cnc(-c2[c-]cc3c(c2)-c2ccccc2[Si]3(c2ccccc2)c2ccccc2)cc1CC1CCCC1.[Ir].[Ir].[Ir].[c-]1ccccc1-c1ccccn1.[c-]1ccccc1-c1ccccn1.[c-]1ccccc1-c1ccccn1. The van der Waals surface area contributed by atoms with E-state index in [1.807, 2.05) is 146 Å². The molecule has 0 unspecified atom stereocenters. The van der Waals surface area contributed by atoms with Crippen LogP contribution in [0.15, 0.2) is 362 Å². The Morgan fingerprint density at radius 2 is 0.613 bits per heavy atom. The zero-order valence-electron chi connectivity index (χ0n) is 83.2. The van der Waals surface area contributed by atoms with Crippen LogP contribution < -0.4 is 46.7 Å². The number of sulfone groups is 1. The summed E-state index contributed by atoms with van der Waals surface area (Å²) in [6.45, 7) is 26.8. The molecule has 0 amide bonds. The Hall–Kier alpha value is -10.7. The van der Waals surface area contributed by atoms with E-state index in [9.17, 15) is 8.42 Å². The molecule has 23 rings (SSSR count). The normalized spacial score (nSPS) is 14.7. The van der Waals surface area contributed by atoms with Crippen molar-refractivity contribution in [2.45, 2.75) is 178 Å². The molecular formula is C125H124Ir3N6O2SSi5-6. The fraction of sp³-hybridized carbons (Fsp3) is 0.232. The Morgan fingerprint density at radius 3 is 0.986 bits per heavy atom. The second kappa shape index (κ2) is 47.0. The summed E-state index contributed by atoms with van der Waals surface area (Å²) in [5.74, 6) is 2.44. The minimum Gasteiger partial charge on any atom is -0.305 e. The van der Waals surface area contributed by atoms with Crippen LogP contribution in [0.1, 0.15) is 93.7 Å². The van der Waals surface area contributed by atoms with E-state index >= 15 is 0 Å². The van der Waals surface area contributed by atoms with Crippen LogP contribution >= 0.6 is 0 Å². The van der Waals surface area contributed by atoms with Gasteiger partial charge in [-0.15, -0.1) is 189 Å². The molecule has 3 aliphatic carbocycles. The third kappa shape index (κ3) is 23.8. The fourth-order valence-electron chi connectivity index (χ4n) is 21.7. The molecule has 17 heteroatoms. The summed E-state index contributed by atoms with van der Waals surface area (Å²) >= 11 is 0. The Balaban J connectivity index is 0.000000136. The van der Waals surface area contributed by atoms with Gasteiger partial charge >= 0.3 is 0 Å². The predicted molar refractivity (Wildman–Crippen MR) is 593 cm³/mol. The van der Waals surface area contributed by atoms with Gasteiger partial charge in [-0.25, -0.2) is 8.42 Å². The van der Waals surface area contributed by atoms with Gasteiger partial charge in [0.2, 0.25) is 0 Å². The summed E-state index contributed by atoms with van der Waals surface area (Å²) in [7, 11) is -12.0. The molecule has 6 aliphatic rings. The standard InChI is InChI=1S/C38H38NSi2.C28H34NSi2.C26H28NO2SSi.3C11H8N.3Ir/c1-40(2,3)38-27-39-35(26-30(38)24-28-14-10-11-15-28)29-22-23-37-34(25-29)33-20-12-13-21-36(33)41(37,31-16-6-4-7-17-31)32-18-8-5-9-19-32;1-30(2,3)28-19-29-25(18-22(28)16-20-10-6-7-11-20)21-14-15-27-24(17-21)23-12-8-9-13-26(23)31(27,4)5;1-31(2,3)26-17-27-23(16-20(26)14-18-8-4-5-9-18)19-12-13-25-22(15-19)21-10-6-7-11-24(21)30(25,28)29;3*1-2-6-10(7-3-1)11-8-4-5-9-12-11;;;/h4-9,12-13,16-21,23,25-28H,10-11,14-15,24H2,1-3H3;8-9,12-13,15,17-20H,6-7,10-11,16H2,1-5H3;6-7,10-11,13,15-18H,4-5,8-9,14H2,1-3H3;3*1-6,8-9H;;;/q6*-1;;;. The van der Waals surface area contributed by atoms with E-state index in [2.05, 4.69) is 294 Å². The van der Waals surface area contributed by atoms with Gasteiger partial charge in [-0.2, -0.15) is 0 Å². The first-order valence-corrected chi connectivity index (χ1v) is 66.8. The number of benzene rings is 11. The monoisotopic (exact) mass is 2490 g/mol. The number of pyridine rings is 6. The number of hydrogen-bond donors (Lipinski definition) is 0. The van der Waals surface area contributed by atoms with E-state index in [1.165, 1.54) is 160 Å². The zero-order valence-corrected chi connectivity index (χ0v) is 96.2. The molecule has 725 valence electrons. The third-order valence-electron chi connectivity index (χ3n) is 28.7. The molecule has 0 N–H and O–H groups in total. The first-order chi connectivity index (χ1) is 67.4. The number of aromatic nitrogens is 6. The van der Waals surface area contributed by atoms with E-state index in [0.717, 1.165) is 103 Å². The van der Waals surface area contributed by atoms with E-state index in [1.54, 1.807) is 52.7 Å². The van der Waals surface area contributed by atoms with Crippen LogP contribution in [0.4, 0.5) is 0 Å². The molecule has 11 aromatic carbocycles. The van der Waals surface area contributed by atoms with Crippen LogP contribution in [0.5, 0.6) is 0 Å². The fourth-order valence-corrected chi connectivity index (χ4v) is 36.2. The quantitative estimate of drug-likeness (QED) is 0.0655. The van der Waals surface area contributed by atoms with Crippen molar-refractivity contribution in [2.24, 2.45) is 17.8 Å². The van der Waals surface area contributed by atoms with Gasteiger partial charge in [-0.05, 0) is 138 Å². The largest absolute Gasteiger partial charge is 0.305 e. The molecule has 0 spiro atoms. The molecule has 0 bridgehead atoms. The van der Waals surface area contributed by atoms with Crippen LogP contribution in [0, 0.1) is 54.2 Å². The van der Waals surface area contributed by atoms with Crippen LogP contribution in [-0.2, 0) is 89.4 Å². The van der Waals surface area contributed by atoms with Crippen LogP contribution in [0.3, 0.4) is 0 Å². The molecule has 6 aromatic heterocycles. The molecule has 0 atom stereocenters. The van der Waals surface area contributed by atoms with Gasteiger partial charge in [0.1, 0.15) is 8.07 Å². The van der Waals surface area contributed by atoms with Gasteiger partial charge in [0.25, 0.3) is 0 Å². The van der Waals surface area contributed by atoms with Crippen LogP contribution in [-0.4, -0.2) is 78.7 Å². The van der Waals surface area contributed by atoms with Gasteiger partial charge in [0, 0.05) is 97.5 Å². The molecule has 0 saturated heterocycles. The minimum atomic E-state index is -3.46. The van der Waals surface area contributed by atoms with Crippen molar-refractivity contribution in [1.82, 2.24) is 29.9 Å². The molecule has 3 aliphatic heterocycles. The van der Waals surface area contributed by atoms with Gasteiger partial charge < -0.3 is 29.9 Å². The van der Waals surface area contributed by atoms with E-state index < -0.39 is 50.2 Å². The molecule has 142 heavy (non-hydrogen) atoms. The summed E-state index contributed by atoms with van der Waals surface area (Å²) in [5.41, 5.74) is 23.8. The first kappa shape index (κ1) is 106. The van der Waals surface area contributed by atoms with Crippen LogP contribution in [0.2, 0.25) is 72.0 Å². The summed E-state index contributed by atoms with van der Waals surface area (Å²) < 4.78 is 25.8. The van der Waals surface area contributed by atoms with Crippen molar-refractivity contribution >= 4 is 96.9 Å². The van der Waals surface area contributed by atoms with Crippen molar-refractivity contribution in [1.29, 1.82) is 0 Å². The molecule has 17 aromatic rings. The summed E-state index contributed by atoms with van der Waals surface area (Å²) in [5, 5.41) is 13.3. The Labute approximate surface area is 889 Å². The van der Waals surface area contributed by atoms with Crippen LogP contribution in [0.25, 0.3) is 101 Å². The smallest absolute Gasteiger partial charge is 0.173 e. The van der Waals surface area contributed by atoms with Gasteiger partial charge in [-0.1, -0.05) is 380 Å². The van der Waals surface area contributed by atoms with Crippen molar-refractivity contribution in [3.63, 3.8) is 0 Å². The summed E-state index contributed by atoms with van der Waals surface area (Å²) in [4.78, 5) is 28.3. The van der Waals surface area contributed by atoms with Gasteiger partial charge in [-0.3, -0.25) is 0 Å². The molecule has 8 nitrogen and oxygen atoms in total. The van der Waals surface area contributed by atoms with Gasteiger partial charge in [0.05, 0.1) is 37.2 Å². The van der Waals surface area contributed by atoms with Gasteiger partial charge in [0.15, 0.2) is 9.84 Å². The van der Waals surface area contributed by atoms with E-state index in [0.29, 0.717) is 9.79 Å². The number of nitrogens with zero attached hydrogens (tertiary/aromatic N) is 6. The Morgan fingerprint density at radius 1 is 0.289 bits per heavy atom. The van der Waals surface area contributed by atoms with E-state index in [4.69, 9.17) is 15.0 Å². The predicted octanol–water partition coefficient (Wildman–Crippen LogP) is 25.1. The maximum atomic E-state index is 12.9. The van der Waals surface area contributed by atoms with E-state index in [-0.39, 0.29) is 60.3 Å². The number of hydrogen-bond acceptors (Lipinski definition) is 8. The van der Waals surface area contributed by atoms with Crippen molar-refractivity contribution in [3.05, 3.63) is 406 Å². The average molecular weight is 2490 g/mol. The molecule has 3 saturated carbocycles. The Kier molecular flexibility index (Phi) is 34.9. The second-order valence-corrected chi connectivity index (χ2v) is 66.7. The topological polar surface area (TPSA) is 111 Å². The number of rotatable bonds is 17. The maximum Gasteiger partial charge on any atom is 0.173 e. The Bertz CT molecular complexity index is 6900. The average Bonchev–Trinajstić information content (AvgIpc) is 1.53. The molecule has 3 fully saturated rings. The molecular weight excluding hydrogens is 2370 g/mol. The van der Waals surface area contributed by atoms with Crippen molar-refractivity contribution in [3.8, 4) is 101 Å². The third-order valence-corrected chi connectivity index (χ3v) is 45.2. The van der Waals surface area contributed by atoms with Crippen molar-refractivity contribution < 1.29 is 68.7 Å². The molecule has 9 heterocycles. The maximum absolute atomic E-state index is 12.9. The summed E-state index contributed by atoms with van der Waals surface area (Å²) in [6, 6.07) is 129. The molecule has 3 radical (unpaired) electrons. The summed E-state index contributed by atoms with van der Waals surface area (Å²) in [6.07, 6.45) is 31.9. The van der Waals surface area contributed by atoms with Crippen molar-refractivity contribution in [2.75, 3.05) is 0 Å². The number of fused-ring (bicyclic) bond motifs is 9. The first-order valence-electron chi connectivity index (χ1n) is 49.8. The minimum absolute atomic E-state index is 0.